The lowest BCUT2D eigenvalue weighted by atomic mass is 9.74. The average molecular weight is 774 g/mol. The van der Waals surface area contributed by atoms with E-state index in [1.54, 1.807) is 0 Å². The van der Waals surface area contributed by atoms with Crippen molar-refractivity contribution in [2.75, 3.05) is 4.90 Å². The number of hydrogen-bond acceptors (Lipinski definition) is 1. The van der Waals surface area contributed by atoms with Crippen LogP contribution in [0.2, 0.25) is 0 Å². The first-order valence-corrected chi connectivity index (χ1v) is 22.2. The molecule has 0 spiro atoms. The summed E-state index contributed by atoms with van der Waals surface area (Å²) in [6.45, 7) is 4.81. The van der Waals surface area contributed by atoms with Crippen molar-refractivity contribution >= 4 is 28.2 Å². The van der Waals surface area contributed by atoms with E-state index in [1.807, 2.05) is 0 Å². The molecule has 292 valence electrons. The fourth-order valence-corrected chi connectivity index (χ4v) is 11.2. The molecule has 1 heteroatoms. The van der Waals surface area contributed by atoms with Gasteiger partial charge in [0.05, 0.1) is 6.04 Å². The highest BCUT2D eigenvalue weighted by atomic mass is 15.2. The number of rotatable bonds is 7. The number of benzene rings is 8. The van der Waals surface area contributed by atoms with E-state index in [-0.39, 0.29) is 17.4 Å². The molecule has 3 aliphatic rings. The van der Waals surface area contributed by atoms with Crippen molar-refractivity contribution in [2.24, 2.45) is 0 Å². The van der Waals surface area contributed by atoms with Gasteiger partial charge in [-0.2, -0.15) is 0 Å². The molecule has 0 aromatic heterocycles. The highest BCUT2D eigenvalue weighted by Gasteiger charge is 2.41. The Labute approximate surface area is 355 Å². The average Bonchev–Trinajstić information content (AvgIpc) is 3.58. The SMILES string of the molecule is CC1c2ccccc2C=CC1N(c1ccc(-c2ccc3c(c2)C(C)(c2ccccc2)c2ccccc2-3)cc1)c1ccccc1-c1cccc2cccc(C3CCCCC3)c12. The minimum absolute atomic E-state index is 0.116. The van der Waals surface area contributed by atoms with Crippen molar-refractivity contribution < 1.29 is 0 Å². The summed E-state index contributed by atoms with van der Waals surface area (Å²) in [6.07, 6.45) is 11.3. The number of anilines is 2. The summed E-state index contributed by atoms with van der Waals surface area (Å²) in [6, 6.07) is 68.7. The summed E-state index contributed by atoms with van der Waals surface area (Å²) < 4.78 is 0. The summed E-state index contributed by atoms with van der Waals surface area (Å²) in [4.78, 5) is 2.63. The van der Waals surface area contributed by atoms with Gasteiger partial charge in [-0.3, -0.25) is 0 Å². The molecule has 1 fully saturated rings. The van der Waals surface area contributed by atoms with Gasteiger partial charge in [-0.05, 0) is 122 Å². The lowest BCUT2D eigenvalue weighted by Crippen LogP contribution is -2.35. The zero-order valence-corrected chi connectivity index (χ0v) is 34.7. The van der Waals surface area contributed by atoms with Gasteiger partial charge < -0.3 is 4.90 Å². The van der Waals surface area contributed by atoms with Crippen molar-refractivity contribution in [2.45, 2.75) is 69.2 Å². The Bertz CT molecular complexity index is 2890. The van der Waals surface area contributed by atoms with E-state index in [2.05, 4.69) is 213 Å². The Morgan fingerprint density at radius 3 is 2.00 bits per heavy atom. The molecule has 8 aromatic rings. The molecule has 0 bridgehead atoms. The Hall–Kier alpha value is -6.44. The van der Waals surface area contributed by atoms with E-state index < -0.39 is 0 Å². The molecule has 8 aromatic carbocycles. The first kappa shape index (κ1) is 36.6. The van der Waals surface area contributed by atoms with Crippen LogP contribution in [0.1, 0.15) is 91.2 Å². The number of para-hydroxylation sites is 1. The summed E-state index contributed by atoms with van der Waals surface area (Å²) >= 11 is 0. The normalized spacial score (nSPS) is 19.4. The van der Waals surface area contributed by atoms with Crippen LogP contribution in [0.25, 0.3) is 50.2 Å². The monoisotopic (exact) mass is 773 g/mol. The van der Waals surface area contributed by atoms with Gasteiger partial charge in [0.2, 0.25) is 0 Å². The second-order valence-electron chi connectivity index (χ2n) is 17.6. The first-order chi connectivity index (χ1) is 29.6. The molecule has 0 aliphatic heterocycles. The van der Waals surface area contributed by atoms with Gasteiger partial charge in [0.15, 0.2) is 0 Å². The fourth-order valence-electron chi connectivity index (χ4n) is 11.2. The van der Waals surface area contributed by atoms with Crippen LogP contribution in [0.4, 0.5) is 11.4 Å². The van der Waals surface area contributed by atoms with Crippen LogP contribution in [0.5, 0.6) is 0 Å². The van der Waals surface area contributed by atoms with E-state index in [0.717, 1.165) is 0 Å². The van der Waals surface area contributed by atoms with E-state index in [9.17, 15) is 0 Å². The molecule has 1 saturated carbocycles. The summed E-state index contributed by atoms with van der Waals surface area (Å²) in [5, 5.41) is 2.76. The van der Waals surface area contributed by atoms with Crippen molar-refractivity contribution in [3.05, 3.63) is 221 Å². The van der Waals surface area contributed by atoms with E-state index in [4.69, 9.17) is 0 Å². The van der Waals surface area contributed by atoms with E-state index in [0.29, 0.717) is 5.92 Å². The van der Waals surface area contributed by atoms with Crippen molar-refractivity contribution in [1.82, 2.24) is 0 Å². The highest BCUT2D eigenvalue weighted by molar-refractivity contribution is 6.03. The molecule has 0 N–H and O–H groups in total. The first-order valence-electron chi connectivity index (χ1n) is 22.2. The van der Waals surface area contributed by atoms with Crippen LogP contribution in [-0.4, -0.2) is 6.04 Å². The number of nitrogens with zero attached hydrogens (tertiary/aromatic N) is 1. The van der Waals surface area contributed by atoms with Crippen molar-refractivity contribution in [1.29, 1.82) is 0 Å². The van der Waals surface area contributed by atoms with Gasteiger partial charge in [-0.25, -0.2) is 0 Å². The third-order valence-electron chi connectivity index (χ3n) is 14.3. The smallest absolute Gasteiger partial charge is 0.0591 e. The Morgan fingerprint density at radius 2 is 1.17 bits per heavy atom. The Morgan fingerprint density at radius 1 is 0.517 bits per heavy atom. The maximum Gasteiger partial charge on any atom is 0.0591 e. The van der Waals surface area contributed by atoms with E-state index in [1.165, 1.54) is 121 Å². The molecule has 3 aliphatic carbocycles. The second kappa shape index (κ2) is 15.0. The van der Waals surface area contributed by atoms with E-state index >= 15 is 0 Å². The van der Waals surface area contributed by atoms with Crippen molar-refractivity contribution in [3.63, 3.8) is 0 Å². The van der Waals surface area contributed by atoms with Gasteiger partial charge in [0.25, 0.3) is 0 Å². The molecule has 3 unspecified atom stereocenters. The maximum atomic E-state index is 2.63. The largest absolute Gasteiger partial charge is 0.333 e. The van der Waals surface area contributed by atoms with Crippen molar-refractivity contribution in [3.8, 4) is 33.4 Å². The summed E-state index contributed by atoms with van der Waals surface area (Å²) in [5.41, 5.74) is 18.3. The lowest BCUT2D eigenvalue weighted by molar-refractivity contribution is 0.445. The minimum Gasteiger partial charge on any atom is -0.333 e. The van der Waals surface area contributed by atoms with Gasteiger partial charge >= 0.3 is 0 Å². The minimum atomic E-state index is -0.234. The Kier molecular flexibility index (Phi) is 9.15. The summed E-state index contributed by atoms with van der Waals surface area (Å²) in [7, 11) is 0. The zero-order chi connectivity index (χ0) is 40.2. The van der Waals surface area contributed by atoms with Crippen LogP contribution in [0.3, 0.4) is 0 Å². The van der Waals surface area contributed by atoms with Gasteiger partial charge in [0.1, 0.15) is 0 Å². The Balaban J connectivity index is 1.04. The standard InChI is InChI=1S/C59H51N/c1-40-48-24-10-9-19-43(48)34-38-56(40)60(57-30-14-12-26-52(57)53-28-16-21-44-20-15-27-49(58(44)53)42-17-5-3-6-18-42)47-35-31-41(32-36-47)45-33-37-51-50-25-11-13-29-54(50)59(2,55(51)39-45)46-22-7-4-8-23-46/h4,7-16,19-40,42,56H,3,5-6,17-18H2,1-2H3. The molecule has 0 saturated heterocycles. The molecular formula is C59H51N. The maximum absolute atomic E-state index is 2.63. The molecular weight excluding hydrogens is 723 g/mol. The lowest BCUT2D eigenvalue weighted by Gasteiger charge is -2.39. The van der Waals surface area contributed by atoms with Crippen LogP contribution in [0.15, 0.2) is 188 Å². The highest BCUT2D eigenvalue weighted by Crippen LogP contribution is 2.53. The van der Waals surface area contributed by atoms with Gasteiger partial charge in [0, 0.05) is 28.3 Å². The van der Waals surface area contributed by atoms with Crippen LogP contribution in [0, 0.1) is 0 Å². The van der Waals surface area contributed by atoms with Crippen LogP contribution in [-0.2, 0) is 5.41 Å². The van der Waals surface area contributed by atoms with Gasteiger partial charge in [-0.15, -0.1) is 0 Å². The molecule has 1 nitrogen and oxygen atoms in total. The fraction of sp³-hybridized carbons (Fsp3) is 0.186. The third kappa shape index (κ3) is 5.97. The predicted octanol–water partition coefficient (Wildman–Crippen LogP) is 15.9. The van der Waals surface area contributed by atoms with Gasteiger partial charge in [-0.1, -0.05) is 196 Å². The molecule has 11 rings (SSSR count). The molecule has 0 radical (unpaired) electrons. The van der Waals surface area contributed by atoms with Crippen LogP contribution >= 0.6 is 0 Å². The third-order valence-corrected chi connectivity index (χ3v) is 14.3. The second-order valence-corrected chi connectivity index (χ2v) is 17.6. The number of fused-ring (bicyclic) bond motifs is 5. The number of hydrogen-bond donors (Lipinski definition) is 0. The molecule has 3 atom stereocenters. The zero-order valence-electron chi connectivity index (χ0n) is 34.7. The predicted molar refractivity (Wildman–Crippen MR) is 254 cm³/mol. The topological polar surface area (TPSA) is 3.24 Å². The quantitative estimate of drug-likeness (QED) is 0.156. The summed E-state index contributed by atoms with van der Waals surface area (Å²) in [5.74, 6) is 0.884. The molecule has 0 amide bonds. The molecule has 0 heterocycles. The van der Waals surface area contributed by atoms with Crippen LogP contribution < -0.4 is 4.90 Å². The molecule has 60 heavy (non-hydrogen) atoms.